The van der Waals surface area contributed by atoms with Gasteiger partial charge in [-0.1, -0.05) is 11.6 Å². The molecule has 0 radical (unpaired) electrons. The molecule has 0 bridgehead atoms. The van der Waals surface area contributed by atoms with Crippen LogP contribution in [-0.4, -0.2) is 40.2 Å². The number of primary sulfonamides is 1. The van der Waals surface area contributed by atoms with E-state index < -0.39 is 16.1 Å². The third-order valence-electron chi connectivity index (χ3n) is 2.61. The van der Waals surface area contributed by atoms with Gasteiger partial charge in [-0.05, 0) is 18.2 Å². The van der Waals surface area contributed by atoms with E-state index in [9.17, 15) is 13.2 Å². The number of nitrogens with one attached hydrogen (secondary N) is 1. The van der Waals surface area contributed by atoms with Crippen LogP contribution in [0.3, 0.4) is 0 Å². The van der Waals surface area contributed by atoms with Gasteiger partial charge in [0.15, 0.2) is 6.10 Å². The fourth-order valence-corrected chi connectivity index (χ4v) is 2.76. The van der Waals surface area contributed by atoms with Gasteiger partial charge >= 0.3 is 0 Å². The SMILES string of the molecule is NS(=O)(=O)c1ccc(NC(=O)C2COCCO2)cc1Cl. The number of benzene rings is 1. The van der Waals surface area contributed by atoms with E-state index in [1.807, 2.05) is 0 Å². The zero-order valence-electron chi connectivity index (χ0n) is 10.3. The quantitative estimate of drug-likeness (QED) is 0.835. The lowest BCUT2D eigenvalue weighted by molar-refractivity contribution is -0.142. The highest BCUT2D eigenvalue weighted by Crippen LogP contribution is 2.24. The summed E-state index contributed by atoms with van der Waals surface area (Å²) in [6.07, 6.45) is -0.694. The van der Waals surface area contributed by atoms with Crippen molar-refractivity contribution in [3.63, 3.8) is 0 Å². The van der Waals surface area contributed by atoms with Crippen LogP contribution < -0.4 is 10.5 Å². The van der Waals surface area contributed by atoms with Crippen LogP contribution in [0.2, 0.25) is 5.02 Å². The molecule has 3 N–H and O–H groups in total. The molecule has 0 spiro atoms. The van der Waals surface area contributed by atoms with Crippen molar-refractivity contribution >= 4 is 33.2 Å². The molecule has 1 aromatic rings. The molecule has 110 valence electrons. The van der Waals surface area contributed by atoms with Crippen LogP contribution in [0.4, 0.5) is 5.69 Å². The van der Waals surface area contributed by atoms with Crippen molar-refractivity contribution in [1.82, 2.24) is 0 Å². The molecule has 1 heterocycles. The van der Waals surface area contributed by atoms with Gasteiger partial charge in [0.2, 0.25) is 10.0 Å². The Hall–Kier alpha value is -1.19. The molecule has 1 aliphatic heterocycles. The summed E-state index contributed by atoms with van der Waals surface area (Å²) in [6.45, 7) is 0.983. The number of anilines is 1. The van der Waals surface area contributed by atoms with Gasteiger partial charge in [0.1, 0.15) is 4.90 Å². The number of carbonyl (C=O) groups is 1. The third-order valence-corrected chi connectivity index (χ3v) is 4.01. The van der Waals surface area contributed by atoms with Crippen molar-refractivity contribution in [1.29, 1.82) is 0 Å². The van der Waals surface area contributed by atoms with Gasteiger partial charge in [-0.25, -0.2) is 13.6 Å². The lowest BCUT2D eigenvalue weighted by atomic mass is 10.3. The molecule has 0 aliphatic carbocycles. The van der Waals surface area contributed by atoms with Crippen LogP contribution >= 0.6 is 11.6 Å². The first-order valence-corrected chi connectivity index (χ1v) is 7.63. The lowest BCUT2D eigenvalue weighted by Crippen LogP contribution is -2.39. The topological polar surface area (TPSA) is 108 Å². The average Bonchev–Trinajstić information content (AvgIpc) is 2.38. The number of halogens is 1. The van der Waals surface area contributed by atoms with Gasteiger partial charge in [0.05, 0.1) is 24.8 Å². The van der Waals surface area contributed by atoms with E-state index >= 15 is 0 Å². The average molecular weight is 321 g/mol. The molecule has 1 atom stereocenters. The molecule has 1 aliphatic rings. The Morgan fingerprint density at radius 2 is 2.15 bits per heavy atom. The van der Waals surface area contributed by atoms with Gasteiger partial charge in [0, 0.05) is 5.69 Å². The van der Waals surface area contributed by atoms with E-state index in [1.54, 1.807) is 0 Å². The summed E-state index contributed by atoms with van der Waals surface area (Å²) in [5, 5.41) is 7.49. The van der Waals surface area contributed by atoms with Gasteiger partial charge < -0.3 is 14.8 Å². The fraction of sp³-hybridized carbons (Fsp3) is 0.364. The predicted molar refractivity (Wildman–Crippen MR) is 72.0 cm³/mol. The maximum atomic E-state index is 11.9. The number of ether oxygens (including phenoxy) is 2. The number of nitrogens with two attached hydrogens (primary N) is 1. The van der Waals surface area contributed by atoms with Gasteiger partial charge in [-0.2, -0.15) is 0 Å². The number of sulfonamides is 1. The highest BCUT2D eigenvalue weighted by atomic mass is 35.5. The maximum absolute atomic E-state index is 11.9. The molecular weight excluding hydrogens is 308 g/mol. The second-order valence-electron chi connectivity index (χ2n) is 4.11. The Bertz CT molecular complexity index is 613. The lowest BCUT2D eigenvalue weighted by Gasteiger charge is -2.22. The van der Waals surface area contributed by atoms with Gasteiger partial charge in [-0.3, -0.25) is 4.79 Å². The van der Waals surface area contributed by atoms with Crippen LogP contribution in [0.15, 0.2) is 23.1 Å². The summed E-state index contributed by atoms with van der Waals surface area (Å²) in [4.78, 5) is 11.7. The van der Waals surface area contributed by atoms with E-state index in [1.165, 1.54) is 18.2 Å². The zero-order chi connectivity index (χ0) is 14.8. The molecule has 20 heavy (non-hydrogen) atoms. The number of carbonyl (C=O) groups excluding carboxylic acids is 1. The highest BCUT2D eigenvalue weighted by molar-refractivity contribution is 7.89. The van der Waals surface area contributed by atoms with Gasteiger partial charge in [-0.15, -0.1) is 0 Å². The minimum atomic E-state index is -3.89. The molecule has 1 unspecified atom stereocenters. The summed E-state index contributed by atoms with van der Waals surface area (Å²) in [5.74, 6) is -0.385. The largest absolute Gasteiger partial charge is 0.376 e. The Morgan fingerprint density at radius 1 is 1.40 bits per heavy atom. The Morgan fingerprint density at radius 3 is 2.70 bits per heavy atom. The van der Waals surface area contributed by atoms with Crippen LogP contribution in [-0.2, 0) is 24.3 Å². The molecular formula is C11H13ClN2O5S. The highest BCUT2D eigenvalue weighted by Gasteiger charge is 2.23. The molecule has 2 rings (SSSR count). The molecule has 1 aromatic carbocycles. The van der Waals surface area contributed by atoms with Crippen LogP contribution in [0.5, 0.6) is 0 Å². The van der Waals surface area contributed by atoms with Crippen LogP contribution in [0, 0.1) is 0 Å². The van der Waals surface area contributed by atoms with E-state index in [-0.39, 0.29) is 22.4 Å². The van der Waals surface area contributed by atoms with Crippen molar-refractivity contribution in [3.8, 4) is 0 Å². The second-order valence-corrected chi connectivity index (χ2v) is 6.05. The Kier molecular flexibility index (Phi) is 4.61. The normalized spacial score (nSPS) is 19.6. The fourth-order valence-electron chi connectivity index (χ4n) is 1.67. The van der Waals surface area contributed by atoms with Crippen molar-refractivity contribution in [3.05, 3.63) is 23.2 Å². The Balaban J connectivity index is 2.10. The van der Waals surface area contributed by atoms with Crippen LogP contribution in [0.25, 0.3) is 0 Å². The third kappa shape index (κ3) is 3.68. The molecule has 0 aromatic heterocycles. The number of rotatable bonds is 3. The van der Waals surface area contributed by atoms with E-state index in [0.717, 1.165) is 0 Å². The minimum Gasteiger partial charge on any atom is -0.376 e. The molecule has 1 fully saturated rings. The first kappa shape index (κ1) is 15.2. The first-order valence-electron chi connectivity index (χ1n) is 5.70. The standard InChI is InChI=1S/C11H13ClN2O5S/c12-8-5-7(1-2-10(8)20(13,16)17)14-11(15)9-6-18-3-4-19-9/h1-2,5,9H,3-4,6H2,(H,14,15)(H2,13,16,17). The van der Waals surface area contributed by atoms with E-state index in [4.69, 9.17) is 26.2 Å². The smallest absolute Gasteiger partial charge is 0.255 e. The molecule has 7 nitrogen and oxygen atoms in total. The molecule has 9 heteroatoms. The first-order chi connectivity index (χ1) is 9.38. The van der Waals surface area contributed by atoms with Crippen LogP contribution in [0.1, 0.15) is 0 Å². The predicted octanol–water partition coefficient (Wildman–Crippen LogP) is 0.341. The minimum absolute atomic E-state index is 0.0638. The second kappa shape index (κ2) is 6.06. The van der Waals surface area contributed by atoms with Crippen molar-refractivity contribution in [2.24, 2.45) is 5.14 Å². The summed E-state index contributed by atoms with van der Waals surface area (Å²) in [5.41, 5.74) is 0.349. The van der Waals surface area contributed by atoms with Crippen molar-refractivity contribution < 1.29 is 22.7 Å². The summed E-state index contributed by atoms with van der Waals surface area (Å²) >= 11 is 5.82. The zero-order valence-corrected chi connectivity index (χ0v) is 11.9. The Labute approximate surface area is 121 Å². The number of hydrogen-bond acceptors (Lipinski definition) is 5. The van der Waals surface area contributed by atoms with E-state index in [0.29, 0.717) is 18.9 Å². The summed E-state index contributed by atoms with van der Waals surface area (Å²) in [7, 11) is -3.89. The maximum Gasteiger partial charge on any atom is 0.255 e. The van der Waals surface area contributed by atoms with Gasteiger partial charge in [0.25, 0.3) is 5.91 Å². The van der Waals surface area contributed by atoms with Crippen molar-refractivity contribution in [2.45, 2.75) is 11.0 Å². The molecule has 0 saturated carbocycles. The monoisotopic (exact) mass is 320 g/mol. The summed E-state index contributed by atoms with van der Waals surface area (Å²) in [6, 6.07) is 3.93. The number of amides is 1. The number of hydrogen-bond donors (Lipinski definition) is 2. The summed E-state index contributed by atoms with van der Waals surface area (Å²) < 4.78 is 32.8. The van der Waals surface area contributed by atoms with Crippen molar-refractivity contribution in [2.75, 3.05) is 25.1 Å². The molecule has 1 amide bonds. The van der Waals surface area contributed by atoms with E-state index in [2.05, 4.69) is 5.32 Å². The molecule has 1 saturated heterocycles.